The van der Waals surface area contributed by atoms with E-state index in [-0.39, 0.29) is 46.7 Å². The number of nitro benzene ring substituents is 1. The van der Waals surface area contributed by atoms with Gasteiger partial charge in [-0.1, -0.05) is 52.0 Å². The molecule has 5 aliphatic rings. The number of piperidine rings is 1. The summed E-state index contributed by atoms with van der Waals surface area (Å²) < 4.78 is 42.7. The van der Waals surface area contributed by atoms with Crippen molar-refractivity contribution in [3.63, 3.8) is 0 Å². The summed E-state index contributed by atoms with van der Waals surface area (Å²) in [6.45, 7) is 14.1. The number of ether oxygens (including phenoxy) is 2. The van der Waals surface area contributed by atoms with Gasteiger partial charge in [0.2, 0.25) is 0 Å². The van der Waals surface area contributed by atoms with Crippen molar-refractivity contribution in [1.82, 2.24) is 19.6 Å². The van der Waals surface area contributed by atoms with E-state index in [2.05, 4.69) is 81.8 Å². The van der Waals surface area contributed by atoms with Gasteiger partial charge >= 0.3 is 0 Å². The number of nitrogens with zero attached hydrogens (tertiary/aromatic N) is 4. The molecule has 3 aliphatic heterocycles. The van der Waals surface area contributed by atoms with Crippen LogP contribution >= 0.6 is 0 Å². The Bertz CT molecular complexity index is 2820. The number of hydrogen-bond donors (Lipinski definition) is 3. The van der Waals surface area contributed by atoms with E-state index in [4.69, 9.17) is 9.47 Å². The Balaban J connectivity index is 0.863. The average molecular weight is 930 g/mol. The molecule has 3 N–H and O–H groups in total. The van der Waals surface area contributed by atoms with Crippen LogP contribution in [0, 0.1) is 33.8 Å². The molecule has 2 atom stereocenters. The number of rotatable bonds is 11. The highest BCUT2D eigenvalue weighted by Crippen LogP contribution is 2.54. The zero-order valence-corrected chi connectivity index (χ0v) is 40.1. The third kappa shape index (κ3) is 8.85. The maximum absolute atomic E-state index is 14.2. The van der Waals surface area contributed by atoms with E-state index in [0.717, 1.165) is 80.9 Å². The van der Waals surface area contributed by atoms with E-state index in [1.54, 1.807) is 18.3 Å². The maximum atomic E-state index is 14.2. The molecule has 0 radical (unpaired) electrons. The molecule has 2 saturated carbocycles. The smallest absolute Gasteiger partial charge is 0.297 e. The number of nitrogens with one attached hydrogen (secondary N) is 3. The van der Waals surface area contributed by atoms with Crippen LogP contribution in [0.4, 0.5) is 17.1 Å². The fourth-order valence-electron chi connectivity index (χ4n) is 11.9. The molecule has 10 rings (SSSR count). The largest absolute Gasteiger partial charge is 0.489 e. The molecule has 0 bridgehead atoms. The summed E-state index contributed by atoms with van der Waals surface area (Å²) in [4.78, 5) is 38.3. The second-order valence-electron chi connectivity index (χ2n) is 21.1. The summed E-state index contributed by atoms with van der Waals surface area (Å²) in [6, 6.07) is 19.2. The first-order chi connectivity index (χ1) is 32.1. The molecule has 0 unspecified atom stereocenters. The summed E-state index contributed by atoms with van der Waals surface area (Å²) in [7, 11) is -4.63. The number of aromatic nitrogens is 2. The standard InChI is InChI=1S/C52H63N7O7S/c1-32(2)39-9-6-7-10-40(39)44-11-8-20-58(44)36-27-52(28-36)18-21-57(22-19-52)35-12-13-41(46(23-35)66-37-24-42-33(3)29-53-49(42)54-30-37)50(60)56-67(63,64)38-25-45(59(61)62)48-47(26-38)65-31-43(55-48)34-14-16-51(4,5)17-15-34/h6-7,9-10,12-13,23-26,29-30,32,34,36,43-44,55H,8,11,14-22,27-28,31H2,1-5H3,(H,53,54)(H,56,60)/t43-,44-/m1/s1. The highest BCUT2D eigenvalue weighted by Gasteiger charge is 2.50. The summed E-state index contributed by atoms with van der Waals surface area (Å²) in [5.41, 5.74) is 5.74. The van der Waals surface area contributed by atoms with Gasteiger partial charge in [-0.3, -0.25) is 19.8 Å². The van der Waals surface area contributed by atoms with Crippen LogP contribution in [-0.4, -0.2) is 72.4 Å². The lowest BCUT2D eigenvalue weighted by atomic mass is 9.59. The number of aryl methyl sites for hydroxylation is 1. The van der Waals surface area contributed by atoms with Gasteiger partial charge in [-0.15, -0.1) is 0 Å². The van der Waals surface area contributed by atoms with Gasteiger partial charge in [0.25, 0.3) is 21.6 Å². The third-order valence-electron chi connectivity index (χ3n) is 15.9. The normalized spacial score (nSPS) is 22.0. The summed E-state index contributed by atoms with van der Waals surface area (Å²) in [6.07, 6.45) is 14.4. The Morgan fingerprint density at radius 2 is 1.76 bits per heavy atom. The predicted octanol–water partition coefficient (Wildman–Crippen LogP) is 10.8. The summed E-state index contributed by atoms with van der Waals surface area (Å²) in [5.74, 6) is 0.412. The summed E-state index contributed by atoms with van der Waals surface area (Å²) >= 11 is 0. The van der Waals surface area contributed by atoms with Crippen LogP contribution in [0.1, 0.15) is 131 Å². The first-order valence-electron chi connectivity index (χ1n) is 24.2. The van der Waals surface area contributed by atoms with Crippen LogP contribution in [0.5, 0.6) is 17.2 Å². The molecule has 2 aliphatic carbocycles. The number of sulfonamides is 1. The number of carbonyl (C=O) groups excluding carboxylic acids is 1. The molecule has 15 heteroatoms. The Hall–Kier alpha value is -5.67. The van der Waals surface area contributed by atoms with E-state index in [9.17, 15) is 23.3 Å². The number of fused-ring (bicyclic) bond motifs is 2. The number of pyridine rings is 1. The topological polar surface area (TPSA) is 172 Å². The molecule has 1 spiro atoms. The fraction of sp³-hybridized carbons (Fsp3) is 0.500. The Morgan fingerprint density at radius 3 is 2.51 bits per heavy atom. The SMILES string of the molecule is Cc1c[nH]c2ncc(Oc3cc(N4CCC5(CC4)CC(N4CCC[C@@H]4c4ccccc4C(C)C)C5)ccc3C(=O)NS(=O)(=O)c3cc4c(c([N+](=O)[O-])c3)N[C@@H](C3CCC(C)(C)CC3)CO4)cc12. The van der Waals surface area contributed by atoms with E-state index in [1.807, 2.05) is 25.3 Å². The molecule has 354 valence electrons. The van der Waals surface area contributed by atoms with Crippen LogP contribution in [-0.2, 0) is 10.0 Å². The van der Waals surface area contributed by atoms with Crippen LogP contribution in [0.3, 0.4) is 0 Å². The van der Waals surface area contributed by atoms with E-state index in [0.29, 0.717) is 34.8 Å². The number of anilines is 2. The van der Waals surface area contributed by atoms with Crippen molar-refractivity contribution in [2.45, 2.75) is 128 Å². The average Bonchev–Trinajstić information content (AvgIpc) is 3.94. The molecule has 2 aromatic heterocycles. The van der Waals surface area contributed by atoms with E-state index >= 15 is 0 Å². The highest BCUT2D eigenvalue weighted by molar-refractivity contribution is 7.90. The number of hydrogen-bond acceptors (Lipinski definition) is 11. The van der Waals surface area contributed by atoms with Crippen LogP contribution < -0.4 is 24.4 Å². The molecule has 4 fully saturated rings. The minimum atomic E-state index is -4.63. The molecule has 1 amide bonds. The zero-order valence-electron chi connectivity index (χ0n) is 39.3. The van der Waals surface area contributed by atoms with Crippen molar-refractivity contribution in [2.75, 3.05) is 36.5 Å². The highest BCUT2D eigenvalue weighted by atomic mass is 32.2. The van der Waals surface area contributed by atoms with Crippen molar-refractivity contribution in [2.24, 2.45) is 16.7 Å². The van der Waals surface area contributed by atoms with Crippen molar-refractivity contribution in [3.05, 3.63) is 105 Å². The van der Waals surface area contributed by atoms with Crippen molar-refractivity contribution < 1.29 is 27.6 Å². The molecule has 67 heavy (non-hydrogen) atoms. The number of carbonyl (C=O) groups is 1. The summed E-state index contributed by atoms with van der Waals surface area (Å²) in [5, 5.41) is 16.6. The number of likely N-dealkylation sites (tertiary alicyclic amines) is 1. The lowest BCUT2D eigenvalue weighted by Crippen LogP contribution is -2.54. The van der Waals surface area contributed by atoms with E-state index < -0.39 is 31.4 Å². The Morgan fingerprint density at radius 1 is 1.00 bits per heavy atom. The van der Waals surface area contributed by atoms with Crippen LogP contribution in [0.25, 0.3) is 11.0 Å². The molecule has 2 saturated heterocycles. The minimum absolute atomic E-state index is 0.0170. The van der Waals surface area contributed by atoms with Crippen molar-refractivity contribution >= 4 is 44.0 Å². The quantitative estimate of drug-likeness (QED) is 0.0850. The first kappa shape index (κ1) is 45.1. The number of H-pyrrole nitrogens is 1. The number of benzene rings is 3. The third-order valence-corrected chi connectivity index (χ3v) is 17.2. The Labute approximate surface area is 393 Å². The van der Waals surface area contributed by atoms with Gasteiger partial charge in [0.1, 0.15) is 23.8 Å². The van der Waals surface area contributed by atoms with Crippen LogP contribution in [0.2, 0.25) is 0 Å². The number of amides is 1. The molecule has 14 nitrogen and oxygen atoms in total. The predicted molar refractivity (Wildman–Crippen MR) is 260 cm³/mol. The molecule has 3 aromatic carbocycles. The molecular weight excluding hydrogens is 867 g/mol. The van der Waals surface area contributed by atoms with Gasteiger partial charge < -0.3 is 24.7 Å². The molecular formula is C52H63N7O7S. The fourth-order valence-corrected chi connectivity index (χ4v) is 12.9. The minimum Gasteiger partial charge on any atom is -0.489 e. The Kier molecular flexibility index (Phi) is 11.8. The van der Waals surface area contributed by atoms with E-state index in [1.165, 1.54) is 42.9 Å². The molecule has 5 aromatic rings. The monoisotopic (exact) mass is 929 g/mol. The molecule has 5 heterocycles. The zero-order chi connectivity index (χ0) is 46.8. The lowest BCUT2D eigenvalue weighted by Gasteiger charge is -2.56. The second kappa shape index (κ2) is 17.4. The first-order valence-corrected chi connectivity index (χ1v) is 25.7. The van der Waals surface area contributed by atoms with Gasteiger partial charge in [-0.2, -0.15) is 0 Å². The van der Waals surface area contributed by atoms with Gasteiger partial charge in [-0.05, 0) is 135 Å². The lowest BCUT2D eigenvalue weighted by molar-refractivity contribution is -0.384. The van der Waals surface area contributed by atoms with Gasteiger partial charge in [-0.25, -0.2) is 18.1 Å². The van der Waals surface area contributed by atoms with Crippen LogP contribution in [0.15, 0.2) is 78.0 Å². The van der Waals surface area contributed by atoms with Gasteiger partial charge in [0.05, 0.1) is 27.6 Å². The number of aromatic amines is 1. The van der Waals surface area contributed by atoms with Gasteiger partial charge in [0, 0.05) is 60.6 Å². The maximum Gasteiger partial charge on any atom is 0.297 e. The second-order valence-corrected chi connectivity index (χ2v) is 22.8. The van der Waals surface area contributed by atoms with Crippen molar-refractivity contribution in [3.8, 4) is 17.2 Å². The number of nitro groups is 1. The van der Waals surface area contributed by atoms with Gasteiger partial charge in [0.15, 0.2) is 11.4 Å². The van der Waals surface area contributed by atoms with Crippen molar-refractivity contribution in [1.29, 1.82) is 0 Å².